The summed E-state index contributed by atoms with van der Waals surface area (Å²) in [6.07, 6.45) is 0. The quantitative estimate of drug-likeness (QED) is 0.141. The van der Waals surface area contributed by atoms with Crippen LogP contribution in [-0.4, -0.2) is 0 Å². The fraction of sp³-hybridized carbons (Fsp3) is 0. The maximum Gasteiger partial charge on any atom is 0.0467 e. The summed E-state index contributed by atoms with van der Waals surface area (Å²) in [5, 5.41) is 5.02. The van der Waals surface area contributed by atoms with E-state index in [2.05, 4.69) is 241 Å². The minimum atomic E-state index is 1.09. The molecule has 0 N–H and O–H groups in total. The first-order valence-electron chi connectivity index (χ1n) is 19.6. The van der Waals surface area contributed by atoms with Gasteiger partial charge >= 0.3 is 0 Å². The molecule has 268 valence electrons. The number of fused-ring (bicyclic) bond motifs is 3. The SMILES string of the molecule is c1ccc(-c2ccc(-c3ccc(N(c4ccc(-c5ccccc5)cc4)c4cccc(-c5c(-c6ccccc6)c6ccccc6c6ccccc56)c4)cc3)cc2)cc1. The first-order chi connectivity index (χ1) is 28.3. The Morgan fingerprint density at radius 2 is 0.509 bits per heavy atom. The van der Waals surface area contributed by atoms with E-state index in [-0.39, 0.29) is 0 Å². The highest BCUT2D eigenvalue weighted by Gasteiger charge is 2.20. The van der Waals surface area contributed by atoms with Gasteiger partial charge in [-0.05, 0) is 114 Å². The molecular formula is C56H39N. The van der Waals surface area contributed by atoms with Gasteiger partial charge in [0.25, 0.3) is 0 Å². The van der Waals surface area contributed by atoms with Gasteiger partial charge in [-0.15, -0.1) is 0 Å². The molecule has 0 saturated carbocycles. The third kappa shape index (κ3) is 6.56. The summed E-state index contributed by atoms with van der Waals surface area (Å²) >= 11 is 0. The molecule has 10 aromatic rings. The van der Waals surface area contributed by atoms with Gasteiger partial charge in [-0.2, -0.15) is 0 Å². The van der Waals surface area contributed by atoms with Crippen molar-refractivity contribution in [2.45, 2.75) is 0 Å². The molecule has 10 rings (SSSR count). The number of rotatable bonds is 8. The molecule has 0 saturated heterocycles. The third-order valence-corrected chi connectivity index (χ3v) is 11.1. The molecule has 1 heteroatoms. The minimum absolute atomic E-state index is 1.09. The Labute approximate surface area is 334 Å². The maximum atomic E-state index is 2.38. The highest BCUT2D eigenvalue weighted by atomic mass is 15.1. The molecule has 0 amide bonds. The Kier molecular flexibility index (Phi) is 8.95. The van der Waals surface area contributed by atoms with Crippen LogP contribution in [0.25, 0.3) is 77.2 Å². The van der Waals surface area contributed by atoms with Gasteiger partial charge in [0.1, 0.15) is 0 Å². The van der Waals surface area contributed by atoms with Gasteiger partial charge < -0.3 is 4.90 Å². The molecule has 0 unspecified atom stereocenters. The van der Waals surface area contributed by atoms with Crippen LogP contribution in [0.5, 0.6) is 0 Å². The molecule has 0 aliphatic rings. The topological polar surface area (TPSA) is 3.24 Å². The highest BCUT2D eigenvalue weighted by Crippen LogP contribution is 2.46. The summed E-state index contributed by atoms with van der Waals surface area (Å²) in [6, 6.07) is 85.6. The van der Waals surface area contributed by atoms with Crippen LogP contribution in [0.2, 0.25) is 0 Å². The van der Waals surface area contributed by atoms with Crippen LogP contribution in [-0.2, 0) is 0 Å². The average Bonchev–Trinajstić information content (AvgIpc) is 3.30. The summed E-state index contributed by atoms with van der Waals surface area (Å²) in [6.45, 7) is 0. The second-order valence-electron chi connectivity index (χ2n) is 14.5. The molecule has 0 bridgehead atoms. The zero-order valence-electron chi connectivity index (χ0n) is 31.5. The molecule has 0 aromatic heterocycles. The lowest BCUT2D eigenvalue weighted by Gasteiger charge is -2.27. The van der Waals surface area contributed by atoms with E-state index in [0.29, 0.717) is 0 Å². The van der Waals surface area contributed by atoms with Crippen molar-refractivity contribution in [3.8, 4) is 55.6 Å². The van der Waals surface area contributed by atoms with Crippen LogP contribution in [0.3, 0.4) is 0 Å². The van der Waals surface area contributed by atoms with Crippen LogP contribution in [0.4, 0.5) is 17.1 Å². The first-order valence-corrected chi connectivity index (χ1v) is 19.6. The Balaban J connectivity index is 1.11. The van der Waals surface area contributed by atoms with E-state index in [1.807, 2.05) is 0 Å². The summed E-state index contributed by atoms with van der Waals surface area (Å²) in [4.78, 5) is 2.38. The van der Waals surface area contributed by atoms with E-state index >= 15 is 0 Å². The van der Waals surface area contributed by atoms with E-state index in [0.717, 1.165) is 17.1 Å². The standard InChI is InChI=1S/C56H39N/c1-4-15-40(16-5-1)42-27-29-43(30-28-42)45-33-37-49(38-34-45)57(48-35-31-44(32-36-48)41-17-6-2-7-18-41)50-22-14-21-47(39-50)56-54-26-13-11-24-52(54)51-23-10-12-25-53(51)55(56)46-19-8-3-9-20-46/h1-39H. The normalized spacial score (nSPS) is 11.2. The van der Waals surface area contributed by atoms with Crippen LogP contribution >= 0.6 is 0 Å². The van der Waals surface area contributed by atoms with Gasteiger partial charge in [0.15, 0.2) is 0 Å². The molecular weight excluding hydrogens is 687 g/mol. The second-order valence-corrected chi connectivity index (χ2v) is 14.5. The van der Waals surface area contributed by atoms with Gasteiger partial charge in [0.05, 0.1) is 0 Å². The molecule has 0 heterocycles. The summed E-state index contributed by atoms with van der Waals surface area (Å²) in [5.74, 6) is 0. The van der Waals surface area contributed by atoms with E-state index < -0.39 is 0 Å². The molecule has 57 heavy (non-hydrogen) atoms. The van der Waals surface area contributed by atoms with Crippen LogP contribution in [0.1, 0.15) is 0 Å². The predicted molar refractivity (Wildman–Crippen MR) is 243 cm³/mol. The molecule has 0 spiro atoms. The molecule has 0 aliphatic carbocycles. The molecule has 0 fully saturated rings. The second kappa shape index (κ2) is 15.0. The fourth-order valence-corrected chi connectivity index (χ4v) is 8.32. The van der Waals surface area contributed by atoms with Crippen molar-refractivity contribution in [2.24, 2.45) is 0 Å². The molecule has 10 aromatic carbocycles. The highest BCUT2D eigenvalue weighted by molar-refractivity contribution is 6.21. The molecule has 0 radical (unpaired) electrons. The zero-order chi connectivity index (χ0) is 38.0. The zero-order valence-corrected chi connectivity index (χ0v) is 31.5. The van der Waals surface area contributed by atoms with Gasteiger partial charge in [0, 0.05) is 17.1 Å². The number of nitrogens with zero attached hydrogens (tertiary/aromatic N) is 1. The van der Waals surface area contributed by atoms with Crippen LogP contribution < -0.4 is 4.90 Å². The van der Waals surface area contributed by atoms with Crippen molar-refractivity contribution in [3.05, 3.63) is 237 Å². The Morgan fingerprint density at radius 1 is 0.193 bits per heavy atom. The fourth-order valence-electron chi connectivity index (χ4n) is 8.32. The maximum absolute atomic E-state index is 2.38. The summed E-state index contributed by atoms with van der Waals surface area (Å²) in [7, 11) is 0. The Hall–Kier alpha value is -7.48. The lowest BCUT2D eigenvalue weighted by molar-refractivity contribution is 1.28. The Bertz CT molecular complexity index is 2950. The summed E-state index contributed by atoms with van der Waals surface area (Å²) in [5.41, 5.74) is 15.4. The third-order valence-electron chi connectivity index (χ3n) is 11.1. The molecule has 1 nitrogen and oxygen atoms in total. The van der Waals surface area contributed by atoms with Gasteiger partial charge in [-0.1, -0.05) is 200 Å². The number of benzene rings is 10. The van der Waals surface area contributed by atoms with Gasteiger partial charge in [-0.3, -0.25) is 0 Å². The van der Waals surface area contributed by atoms with Crippen LogP contribution in [0.15, 0.2) is 237 Å². The number of hydrogen-bond donors (Lipinski definition) is 0. The van der Waals surface area contributed by atoms with E-state index in [9.17, 15) is 0 Å². The Morgan fingerprint density at radius 3 is 0.947 bits per heavy atom. The van der Waals surface area contributed by atoms with Crippen molar-refractivity contribution in [2.75, 3.05) is 4.90 Å². The monoisotopic (exact) mass is 725 g/mol. The van der Waals surface area contributed by atoms with Crippen LogP contribution in [0, 0.1) is 0 Å². The summed E-state index contributed by atoms with van der Waals surface area (Å²) < 4.78 is 0. The molecule has 0 aliphatic heterocycles. The van der Waals surface area contributed by atoms with E-state index in [4.69, 9.17) is 0 Å². The molecule has 0 atom stereocenters. The van der Waals surface area contributed by atoms with Crippen molar-refractivity contribution in [3.63, 3.8) is 0 Å². The van der Waals surface area contributed by atoms with Gasteiger partial charge in [-0.25, -0.2) is 0 Å². The lowest BCUT2D eigenvalue weighted by atomic mass is 9.85. The first kappa shape index (κ1) is 34.0. The van der Waals surface area contributed by atoms with E-state index in [1.54, 1.807) is 0 Å². The van der Waals surface area contributed by atoms with Crippen molar-refractivity contribution in [1.29, 1.82) is 0 Å². The average molecular weight is 726 g/mol. The van der Waals surface area contributed by atoms with Gasteiger partial charge in [0.2, 0.25) is 0 Å². The van der Waals surface area contributed by atoms with E-state index in [1.165, 1.54) is 77.2 Å². The minimum Gasteiger partial charge on any atom is -0.310 e. The van der Waals surface area contributed by atoms with Crippen molar-refractivity contribution >= 4 is 38.6 Å². The number of anilines is 3. The predicted octanol–water partition coefficient (Wildman–Crippen LogP) is 15.8. The number of hydrogen-bond acceptors (Lipinski definition) is 1. The smallest absolute Gasteiger partial charge is 0.0467 e. The lowest BCUT2D eigenvalue weighted by Crippen LogP contribution is -2.10. The largest absolute Gasteiger partial charge is 0.310 e. The van der Waals surface area contributed by atoms with Crippen molar-refractivity contribution in [1.82, 2.24) is 0 Å². The van der Waals surface area contributed by atoms with Crippen molar-refractivity contribution < 1.29 is 0 Å².